The molecule has 0 fully saturated rings. The van der Waals surface area contributed by atoms with E-state index in [2.05, 4.69) is 60.2 Å². The van der Waals surface area contributed by atoms with Crippen molar-refractivity contribution in [3.05, 3.63) is 290 Å². The van der Waals surface area contributed by atoms with Crippen LogP contribution in [0, 0.1) is 11.8 Å². The van der Waals surface area contributed by atoms with E-state index in [9.17, 15) is 47.9 Å². The van der Waals surface area contributed by atoms with Crippen molar-refractivity contribution in [1.29, 1.82) is 0 Å². The van der Waals surface area contributed by atoms with Gasteiger partial charge >= 0.3 is 59.7 Å². The zero-order chi connectivity index (χ0) is 91.7. The average molecular weight is 1750 g/mol. The number of rotatable bonds is 52. The monoisotopic (exact) mass is 1750 g/mol. The fraction of sp³-hybridized carbons (Fsp3) is 0.314. The van der Waals surface area contributed by atoms with E-state index in [-0.39, 0.29) is 38.3 Å². The summed E-state index contributed by atoms with van der Waals surface area (Å²) in [7, 11) is 0. The second-order valence-electron chi connectivity index (χ2n) is 30.1. The summed E-state index contributed by atoms with van der Waals surface area (Å²) in [6, 6.07) is 49.3. The standard InChI is InChI=1S/C54H56O16.C48H52O10/c1-6-49(55)65-34-43(67-51(57)8-3)32-61-26-10-12-28-63-39-18-14-37(15-19-39)53(59)69-41-22-24-45-46-25-23-42(31-48(46)36(5)47(45)30-41)70-54(60)38-16-20-40(21-17-38)64-29-13-11-27-62-33-44(68-52(58)9-4)35-66-50(56)7-2;1-6-45(49)55-26-8-10-32(3)24-28-53-37-16-12-35(13-17-37)47(51)57-39-20-22-41-42-23-21-40(31-44(42)34(5)43(41)30-39)58-48(52)36-14-18-38(19-15-36)54-29-25-33(4)11-9-27-56-46(50)7-2/h6-9,14-25,30-31,36,43-44H,1-4,10-13,26-29,32-35H2,5H3;6-7,12-23,30-34H,1-2,8-11,24-29H2,3-5H3. The molecule has 0 saturated carbocycles. The molecule has 0 aromatic heterocycles. The molecule has 0 heterocycles. The lowest BCUT2D eigenvalue weighted by Gasteiger charge is -2.17. The van der Waals surface area contributed by atoms with Crippen LogP contribution in [0.15, 0.2) is 246 Å². The molecule has 0 saturated heterocycles. The Morgan fingerprint density at radius 3 is 0.805 bits per heavy atom. The highest BCUT2D eigenvalue weighted by molar-refractivity contribution is 5.95. The topological polar surface area (TPSA) is 318 Å². The van der Waals surface area contributed by atoms with E-state index in [1.165, 1.54) is 0 Å². The van der Waals surface area contributed by atoms with Gasteiger partial charge in [0.25, 0.3) is 0 Å². The predicted molar refractivity (Wildman–Crippen MR) is 477 cm³/mol. The van der Waals surface area contributed by atoms with Gasteiger partial charge in [-0.25, -0.2) is 47.9 Å². The molecular weight excluding hydrogens is 1640 g/mol. The Bertz CT molecular complexity index is 4840. The third kappa shape index (κ3) is 31.3. The van der Waals surface area contributed by atoms with E-state index in [4.69, 9.17) is 75.8 Å². The van der Waals surface area contributed by atoms with Crippen molar-refractivity contribution in [2.75, 3.05) is 79.3 Å². The molecule has 10 rings (SSSR count). The highest BCUT2D eigenvalue weighted by Crippen LogP contribution is 2.49. The maximum atomic E-state index is 13.1. The van der Waals surface area contributed by atoms with Gasteiger partial charge in [-0.2, -0.15) is 0 Å². The van der Waals surface area contributed by atoms with Gasteiger partial charge in [-0.1, -0.05) is 91.4 Å². The smallest absolute Gasteiger partial charge is 0.343 e. The van der Waals surface area contributed by atoms with Crippen LogP contribution in [0.2, 0.25) is 0 Å². The number of benzene rings is 8. The van der Waals surface area contributed by atoms with Crippen molar-refractivity contribution >= 4 is 59.7 Å². The van der Waals surface area contributed by atoms with Crippen molar-refractivity contribution in [3.8, 4) is 68.2 Å². The van der Waals surface area contributed by atoms with E-state index in [0.717, 1.165) is 119 Å². The molecule has 0 spiro atoms. The molecule has 0 amide bonds. The van der Waals surface area contributed by atoms with E-state index in [0.29, 0.717) is 159 Å². The predicted octanol–water partition coefficient (Wildman–Crippen LogP) is 18.3. The number of carbonyl (C=O) groups is 10. The van der Waals surface area contributed by atoms with Crippen molar-refractivity contribution in [1.82, 2.24) is 0 Å². The summed E-state index contributed by atoms with van der Waals surface area (Å²) in [6.07, 6.45) is 12.5. The number of unbranched alkanes of at least 4 members (excludes halogenated alkanes) is 2. The summed E-state index contributed by atoms with van der Waals surface area (Å²) in [5.74, 6) is -0.524. The summed E-state index contributed by atoms with van der Waals surface area (Å²) in [6.45, 7) is 31.6. The quantitative estimate of drug-likeness (QED) is 0.0112. The number of hydrogen-bond acceptors (Lipinski definition) is 26. The van der Waals surface area contributed by atoms with E-state index < -0.39 is 71.9 Å². The first kappa shape index (κ1) is 97.8. The lowest BCUT2D eigenvalue weighted by atomic mass is 9.99. The Hall–Kier alpha value is -14.0. The van der Waals surface area contributed by atoms with Crippen molar-refractivity contribution in [3.63, 3.8) is 0 Å². The third-order valence-electron chi connectivity index (χ3n) is 20.6. The number of hydrogen-bond donors (Lipinski definition) is 0. The lowest BCUT2D eigenvalue weighted by molar-refractivity contribution is -0.156. The Balaban J connectivity index is 0.000000294. The molecule has 672 valence electrons. The normalized spacial score (nSPS) is 13.2. The van der Waals surface area contributed by atoms with Gasteiger partial charge in [0.2, 0.25) is 0 Å². The van der Waals surface area contributed by atoms with Crippen LogP contribution >= 0.6 is 0 Å². The largest absolute Gasteiger partial charge is 0.494 e. The number of esters is 10. The molecule has 4 atom stereocenters. The third-order valence-corrected chi connectivity index (χ3v) is 20.6. The summed E-state index contributed by atoms with van der Waals surface area (Å²) >= 11 is 0. The molecule has 2 aliphatic rings. The Morgan fingerprint density at radius 2 is 0.531 bits per heavy atom. The molecule has 128 heavy (non-hydrogen) atoms. The molecule has 2 aliphatic carbocycles. The summed E-state index contributed by atoms with van der Waals surface area (Å²) in [4.78, 5) is 121. The molecule has 8 aromatic carbocycles. The van der Waals surface area contributed by atoms with Crippen molar-refractivity contribution < 1.29 is 124 Å². The minimum Gasteiger partial charge on any atom is -0.494 e. The summed E-state index contributed by atoms with van der Waals surface area (Å²) in [5.41, 5.74) is 9.52. The van der Waals surface area contributed by atoms with Crippen LogP contribution in [0.3, 0.4) is 0 Å². The van der Waals surface area contributed by atoms with E-state index >= 15 is 0 Å². The summed E-state index contributed by atoms with van der Waals surface area (Å²) in [5, 5.41) is 0. The van der Waals surface area contributed by atoms with Crippen LogP contribution in [0.4, 0.5) is 0 Å². The molecule has 4 unspecified atom stereocenters. The Morgan fingerprint density at radius 1 is 0.281 bits per heavy atom. The molecule has 26 nitrogen and oxygen atoms in total. The summed E-state index contributed by atoms with van der Waals surface area (Å²) < 4.78 is 87.9. The highest BCUT2D eigenvalue weighted by Gasteiger charge is 2.30. The second kappa shape index (κ2) is 51.5. The van der Waals surface area contributed by atoms with Crippen molar-refractivity contribution in [2.45, 2.75) is 116 Å². The molecular formula is C102H108O26. The van der Waals surface area contributed by atoms with Crippen LogP contribution in [0.1, 0.15) is 167 Å². The first-order valence-corrected chi connectivity index (χ1v) is 42.3. The maximum Gasteiger partial charge on any atom is 0.343 e. The van der Waals surface area contributed by atoms with Gasteiger partial charge in [-0.05, 0) is 266 Å². The van der Waals surface area contributed by atoms with Crippen LogP contribution in [0.25, 0.3) is 22.3 Å². The van der Waals surface area contributed by atoms with Gasteiger partial charge in [-0.3, -0.25) is 0 Å². The molecule has 0 radical (unpaired) electrons. The van der Waals surface area contributed by atoms with Gasteiger partial charge in [-0.15, -0.1) is 0 Å². The molecule has 26 heteroatoms. The van der Waals surface area contributed by atoms with Crippen LogP contribution in [0.5, 0.6) is 46.0 Å². The first-order chi connectivity index (χ1) is 61.9. The van der Waals surface area contributed by atoms with Gasteiger partial charge in [0.1, 0.15) is 59.2 Å². The minimum atomic E-state index is -0.786. The van der Waals surface area contributed by atoms with Crippen molar-refractivity contribution in [2.24, 2.45) is 11.8 Å². The fourth-order valence-corrected chi connectivity index (χ4v) is 13.5. The average Bonchev–Trinajstić information content (AvgIpc) is 1.61. The molecule has 0 bridgehead atoms. The Labute approximate surface area is 745 Å². The Kier molecular flexibility index (Phi) is 39.3. The number of fused-ring (bicyclic) bond motifs is 6. The molecule has 0 N–H and O–H groups in total. The fourth-order valence-electron chi connectivity index (χ4n) is 13.5. The van der Waals surface area contributed by atoms with Gasteiger partial charge in [0, 0.05) is 61.5 Å². The van der Waals surface area contributed by atoms with Crippen LogP contribution < -0.4 is 37.9 Å². The highest BCUT2D eigenvalue weighted by atomic mass is 16.6. The molecule has 0 aliphatic heterocycles. The lowest BCUT2D eigenvalue weighted by Crippen LogP contribution is -2.29. The first-order valence-electron chi connectivity index (χ1n) is 42.3. The van der Waals surface area contributed by atoms with Crippen LogP contribution in [-0.2, 0) is 66.7 Å². The number of carbonyl (C=O) groups excluding carboxylic acids is 10. The maximum absolute atomic E-state index is 13.1. The second-order valence-corrected chi connectivity index (χ2v) is 30.1. The van der Waals surface area contributed by atoms with Gasteiger partial charge in [0.05, 0.1) is 75.1 Å². The van der Waals surface area contributed by atoms with E-state index in [1.807, 2.05) is 55.5 Å². The SMILES string of the molecule is C=CC(=O)OCC(COCCCCOc1ccc(C(=O)Oc2ccc3c(c2)C(C)c2cc(OC(=O)c4ccc(OCCCCOCC(COC(=O)C=C)OC(=O)C=C)cc4)ccc2-3)cc1)OC(=O)C=C.C=CC(=O)OCCCC(C)CCOc1ccc(C(=O)Oc2ccc3c(c2)C(C)c2cc(OC(=O)c4ccc(OCCC(C)CCCOC(=O)C=C)cc4)ccc2-3)cc1. The van der Waals surface area contributed by atoms with E-state index in [1.54, 1.807) is 121 Å². The zero-order valence-electron chi connectivity index (χ0n) is 72.5. The van der Waals surface area contributed by atoms with Crippen LogP contribution in [-0.4, -0.2) is 151 Å². The minimum absolute atomic E-state index is 0.0230. The van der Waals surface area contributed by atoms with Gasteiger partial charge < -0.3 is 75.8 Å². The number of ether oxygens (including phenoxy) is 16. The zero-order valence-corrected chi connectivity index (χ0v) is 72.5. The molecule has 8 aromatic rings. The van der Waals surface area contributed by atoms with Gasteiger partial charge in [0.15, 0.2) is 12.2 Å².